The second-order valence-corrected chi connectivity index (χ2v) is 13.9. The van der Waals surface area contributed by atoms with Crippen molar-refractivity contribution in [2.45, 2.75) is 102 Å². The fourth-order valence-corrected chi connectivity index (χ4v) is 9.68. The highest BCUT2D eigenvalue weighted by Gasteiger charge is 2.62. The van der Waals surface area contributed by atoms with Gasteiger partial charge in [0.05, 0.1) is 0 Å². The lowest BCUT2D eigenvalue weighted by atomic mass is 9.51. The van der Waals surface area contributed by atoms with Crippen LogP contribution in [0, 0.1) is 29.1 Å². The number of carbonyl (C=O) groups excluding carboxylic acids is 1. The Kier molecular flexibility index (Phi) is 5.87. The van der Waals surface area contributed by atoms with Crippen molar-refractivity contribution >= 4 is 5.78 Å². The van der Waals surface area contributed by atoms with Gasteiger partial charge in [0.2, 0.25) is 0 Å². The fraction of sp³-hybridized carbons (Fsp3) is 0.500. The number of ether oxygens (including phenoxy) is 2. The summed E-state index contributed by atoms with van der Waals surface area (Å²) in [6.07, 6.45) is 12.3. The molecule has 8 rings (SSSR count). The monoisotopic (exact) mass is 560 g/mol. The number of hydrogen-bond acceptors (Lipinski definition) is 4. The average molecular weight is 561 g/mol. The van der Waals surface area contributed by atoms with Crippen molar-refractivity contribution in [3.63, 3.8) is 0 Å². The number of benzene rings is 2. The predicted molar refractivity (Wildman–Crippen MR) is 163 cm³/mol. The third-order valence-electron chi connectivity index (χ3n) is 11.8. The van der Waals surface area contributed by atoms with Crippen LogP contribution in [0.3, 0.4) is 0 Å². The van der Waals surface area contributed by atoms with Gasteiger partial charge >= 0.3 is 0 Å². The van der Waals surface area contributed by atoms with E-state index in [2.05, 4.69) is 61.2 Å². The molecule has 0 radical (unpaired) electrons. The molecule has 1 N–H and O–H groups in total. The van der Waals surface area contributed by atoms with Crippen molar-refractivity contribution < 1.29 is 19.4 Å². The summed E-state index contributed by atoms with van der Waals surface area (Å²) in [6, 6.07) is 15.4. The van der Waals surface area contributed by atoms with Gasteiger partial charge in [-0.1, -0.05) is 48.7 Å². The van der Waals surface area contributed by atoms with E-state index in [0.717, 1.165) is 86.8 Å². The zero-order chi connectivity index (χ0) is 28.7. The second-order valence-electron chi connectivity index (χ2n) is 13.9. The molecule has 5 aliphatic carbocycles. The highest BCUT2D eigenvalue weighted by atomic mass is 16.7. The summed E-state index contributed by atoms with van der Waals surface area (Å²) in [5.74, 6) is 8.91. The Morgan fingerprint density at radius 3 is 2.45 bits per heavy atom. The maximum Gasteiger partial charge on any atom is 0.251 e. The molecule has 2 aromatic carbocycles. The molecular weight excluding hydrogens is 520 g/mol. The molecule has 1 aliphatic heterocycles. The van der Waals surface area contributed by atoms with E-state index in [1.807, 2.05) is 13.0 Å². The van der Waals surface area contributed by atoms with Crippen molar-refractivity contribution in [3.8, 4) is 34.5 Å². The Balaban J connectivity index is 1.17. The lowest BCUT2D eigenvalue weighted by molar-refractivity contribution is -0.114. The summed E-state index contributed by atoms with van der Waals surface area (Å²) in [7, 11) is 0. The Morgan fingerprint density at radius 1 is 0.905 bits per heavy atom. The van der Waals surface area contributed by atoms with E-state index < -0.39 is 11.4 Å². The summed E-state index contributed by atoms with van der Waals surface area (Å²) in [6.45, 7) is 4.15. The number of ketones is 1. The lowest BCUT2D eigenvalue weighted by Gasteiger charge is -2.53. The van der Waals surface area contributed by atoms with Crippen LogP contribution in [0.1, 0.15) is 96.0 Å². The zero-order valence-electron chi connectivity index (χ0n) is 24.8. The maximum absolute atomic E-state index is 12.4. The van der Waals surface area contributed by atoms with E-state index >= 15 is 0 Å². The fourth-order valence-electron chi connectivity index (χ4n) is 9.68. The van der Waals surface area contributed by atoms with Crippen LogP contribution >= 0.6 is 0 Å². The summed E-state index contributed by atoms with van der Waals surface area (Å²) in [5.41, 5.74) is 6.62. The molecule has 1 heterocycles. The Labute approximate surface area is 249 Å². The molecule has 0 unspecified atom stereocenters. The third kappa shape index (κ3) is 3.82. The number of fused-ring (bicyclic) bond motifs is 5. The minimum Gasteiger partial charge on any atom is -0.448 e. The van der Waals surface area contributed by atoms with Crippen LogP contribution in [0.2, 0.25) is 0 Å². The minimum atomic E-state index is -0.956. The number of aliphatic hydroxyl groups is 1. The van der Waals surface area contributed by atoms with Crippen LogP contribution in [0.5, 0.6) is 11.5 Å². The lowest BCUT2D eigenvalue weighted by Crippen LogP contribution is -2.51. The molecule has 0 saturated heterocycles. The van der Waals surface area contributed by atoms with Crippen molar-refractivity contribution in [1.29, 1.82) is 0 Å². The van der Waals surface area contributed by atoms with E-state index in [0.29, 0.717) is 18.3 Å². The van der Waals surface area contributed by atoms with Crippen LogP contribution in [0.15, 0.2) is 65.3 Å². The quantitative estimate of drug-likeness (QED) is 0.378. The average Bonchev–Trinajstić information content (AvgIpc) is 3.67. The smallest absolute Gasteiger partial charge is 0.251 e. The molecule has 5 atom stereocenters. The van der Waals surface area contributed by atoms with Crippen molar-refractivity contribution in [2.75, 3.05) is 0 Å². The third-order valence-corrected chi connectivity index (χ3v) is 11.8. The summed E-state index contributed by atoms with van der Waals surface area (Å²) < 4.78 is 12.6. The number of allylic oxidation sites excluding steroid dienone is 4. The molecular formula is C38H40O4. The first-order chi connectivity index (χ1) is 20.3. The van der Waals surface area contributed by atoms with Gasteiger partial charge in [-0.05, 0) is 116 Å². The Bertz CT molecular complexity index is 1590. The molecule has 2 aromatic rings. The molecule has 6 aliphatic rings. The minimum absolute atomic E-state index is 0.208. The Hall–Kier alpha value is -3.29. The van der Waals surface area contributed by atoms with Gasteiger partial charge < -0.3 is 14.6 Å². The molecule has 216 valence electrons. The van der Waals surface area contributed by atoms with E-state index in [4.69, 9.17) is 9.47 Å². The molecule has 4 heteroatoms. The second kappa shape index (κ2) is 9.35. The Morgan fingerprint density at radius 2 is 1.67 bits per heavy atom. The van der Waals surface area contributed by atoms with Gasteiger partial charge in [0.25, 0.3) is 5.79 Å². The molecule has 0 bridgehead atoms. The standard InChI is InChI=1S/C38H40O4/c1-3-17-37(40)20-16-32-30-13-10-27-21-28(39)12-14-29(27)35(30)31(23-36(32,37)2)25-8-6-24(7-9-25)26-11-15-33-34(22-26)42-38(41-33)18-4-5-19-38/h6-9,11,15,21-22,30-32,40H,4-5,10,12-14,16,18-20,23H2,1-2H3/t30-,31+,32-,36-,37-/m0/s1. The number of carbonyl (C=O) groups is 1. The topological polar surface area (TPSA) is 55.8 Å². The normalized spacial score (nSPS) is 33.9. The summed E-state index contributed by atoms with van der Waals surface area (Å²) in [5, 5.41) is 11.9. The van der Waals surface area contributed by atoms with Crippen LogP contribution in [0.25, 0.3) is 11.1 Å². The van der Waals surface area contributed by atoms with Crippen LogP contribution in [0.4, 0.5) is 0 Å². The van der Waals surface area contributed by atoms with Gasteiger partial charge in [-0.2, -0.15) is 0 Å². The molecule has 42 heavy (non-hydrogen) atoms. The number of hydrogen-bond donors (Lipinski definition) is 1. The van der Waals surface area contributed by atoms with E-state index in [-0.39, 0.29) is 17.1 Å². The largest absolute Gasteiger partial charge is 0.448 e. The SMILES string of the molecule is CC#C[C@]1(O)CC[C@H]2[C@@H]3CCC4=CC(=O)CCC4=C3[C@@H](c3ccc(-c4ccc5c(c4)OC4(CCCC4)O5)cc3)C[C@@]21C. The van der Waals surface area contributed by atoms with Crippen molar-refractivity contribution in [3.05, 3.63) is 70.8 Å². The molecule has 0 amide bonds. The maximum atomic E-state index is 12.4. The highest BCUT2D eigenvalue weighted by Crippen LogP contribution is 2.66. The zero-order valence-corrected chi connectivity index (χ0v) is 24.8. The van der Waals surface area contributed by atoms with E-state index in [1.54, 1.807) is 5.57 Å². The summed E-state index contributed by atoms with van der Waals surface area (Å²) in [4.78, 5) is 12.4. The molecule has 0 aromatic heterocycles. The van der Waals surface area contributed by atoms with E-state index in [1.165, 1.54) is 16.7 Å². The van der Waals surface area contributed by atoms with Gasteiger partial charge in [-0.25, -0.2) is 0 Å². The molecule has 1 spiro atoms. The first-order valence-electron chi connectivity index (χ1n) is 16.1. The van der Waals surface area contributed by atoms with Gasteiger partial charge in [0.1, 0.15) is 5.60 Å². The van der Waals surface area contributed by atoms with Gasteiger partial charge in [-0.15, -0.1) is 5.92 Å². The first kappa shape index (κ1) is 26.3. The number of rotatable bonds is 2. The van der Waals surface area contributed by atoms with Gasteiger partial charge in [-0.3, -0.25) is 4.79 Å². The van der Waals surface area contributed by atoms with Crippen molar-refractivity contribution in [1.82, 2.24) is 0 Å². The van der Waals surface area contributed by atoms with Crippen LogP contribution < -0.4 is 9.47 Å². The molecule has 4 nitrogen and oxygen atoms in total. The van der Waals surface area contributed by atoms with Crippen molar-refractivity contribution in [2.24, 2.45) is 17.3 Å². The van der Waals surface area contributed by atoms with Gasteiger partial charge in [0.15, 0.2) is 17.3 Å². The predicted octanol–water partition coefficient (Wildman–Crippen LogP) is 8.05. The highest BCUT2D eigenvalue weighted by molar-refractivity contribution is 5.93. The first-order valence-corrected chi connectivity index (χ1v) is 16.1. The van der Waals surface area contributed by atoms with Crippen LogP contribution in [-0.4, -0.2) is 22.3 Å². The molecule has 3 saturated carbocycles. The van der Waals surface area contributed by atoms with Gasteiger partial charge in [0, 0.05) is 30.6 Å². The summed E-state index contributed by atoms with van der Waals surface area (Å²) >= 11 is 0. The van der Waals surface area contributed by atoms with Crippen LogP contribution in [-0.2, 0) is 4.79 Å². The van der Waals surface area contributed by atoms with E-state index in [9.17, 15) is 9.90 Å². The molecule has 3 fully saturated rings.